The lowest BCUT2D eigenvalue weighted by Crippen LogP contribution is -3.11. The molecule has 1 aliphatic rings. The molecule has 3 rings (SSSR count). The Bertz CT molecular complexity index is 813. The highest BCUT2D eigenvalue weighted by Crippen LogP contribution is 2.31. The first-order chi connectivity index (χ1) is 14.1. The predicted molar refractivity (Wildman–Crippen MR) is 112 cm³/mol. The number of amides is 1. The molecule has 0 aromatic heterocycles. The van der Waals surface area contributed by atoms with Crippen molar-refractivity contribution in [3.05, 3.63) is 53.1 Å². The van der Waals surface area contributed by atoms with Crippen LogP contribution >= 0.6 is 11.6 Å². The minimum Gasteiger partial charge on any atom is -0.497 e. The largest absolute Gasteiger partial charge is 0.497 e. The molecule has 1 aliphatic heterocycles. The molecule has 0 spiro atoms. The smallest absolute Gasteiger partial charge is 0.275 e. The number of quaternary nitrogens is 1. The number of benzene rings is 2. The van der Waals surface area contributed by atoms with Gasteiger partial charge in [0.2, 0.25) is 0 Å². The van der Waals surface area contributed by atoms with Crippen LogP contribution in [0.3, 0.4) is 0 Å². The van der Waals surface area contributed by atoms with E-state index in [4.69, 9.17) is 25.8 Å². The van der Waals surface area contributed by atoms with Crippen molar-refractivity contribution in [2.75, 3.05) is 40.5 Å². The Kier molecular flexibility index (Phi) is 7.61. The maximum absolute atomic E-state index is 12.4. The number of halogens is 1. The molecular formula is C22H28ClN2O4+. The number of carbonyl (C=O) groups is 1. The molecular weight excluding hydrogens is 392 g/mol. The van der Waals surface area contributed by atoms with Crippen molar-refractivity contribution in [1.29, 1.82) is 0 Å². The van der Waals surface area contributed by atoms with Gasteiger partial charge in [0.1, 0.15) is 29.9 Å². The highest BCUT2D eigenvalue weighted by molar-refractivity contribution is 6.30. The summed E-state index contributed by atoms with van der Waals surface area (Å²) in [5, 5.41) is 3.62. The van der Waals surface area contributed by atoms with E-state index >= 15 is 0 Å². The molecule has 1 fully saturated rings. The van der Waals surface area contributed by atoms with Gasteiger partial charge < -0.3 is 24.4 Å². The number of carbonyl (C=O) groups excluding carboxylic acids is 1. The quantitative estimate of drug-likeness (QED) is 0.612. The summed E-state index contributed by atoms with van der Waals surface area (Å²) in [5.74, 6) is 2.34. The van der Waals surface area contributed by atoms with E-state index in [0.29, 0.717) is 24.7 Å². The van der Waals surface area contributed by atoms with E-state index in [2.05, 4.69) is 5.32 Å². The second-order valence-corrected chi connectivity index (χ2v) is 7.48. The average Bonchev–Trinajstić information content (AvgIpc) is 3.19. The monoisotopic (exact) mass is 419 g/mol. The number of nitrogens with one attached hydrogen (secondary N) is 2. The van der Waals surface area contributed by atoms with Crippen LogP contribution in [0.5, 0.6) is 17.2 Å². The van der Waals surface area contributed by atoms with Gasteiger partial charge in [0.05, 0.1) is 32.9 Å². The maximum atomic E-state index is 12.4. The third-order valence-corrected chi connectivity index (χ3v) is 5.45. The van der Waals surface area contributed by atoms with Crippen molar-refractivity contribution in [1.82, 2.24) is 5.32 Å². The van der Waals surface area contributed by atoms with Gasteiger partial charge in [-0.25, -0.2) is 0 Å². The summed E-state index contributed by atoms with van der Waals surface area (Å²) in [7, 11) is 3.31. The molecule has 1 heterocycles. The molecule has 6 nitrogen and oxygen atoms in total. The normalized spacial score (nSPS) is 18.3. The zero-order valence-corrected chi connectivity index (χ0v) is 17.6. The molecule has 2 aromatic rings. The van der Waals surface area contributed by atoms with Gasteiger partial charge in [-0.15, -0.1) is 0 Å². The standard InChI is InChI=1S/C22H27ClN2O4/c1-27-18-9-10-19(21(14-18)28-2)20-4-3-12-25(20)15-22(26)24-11-13-29-17-7-5-16(23)6-8-17/h5-10,14,20H,3-4,11-13,15H2,1-2H3,(H,24,26)/p+1/t20-/m1/s1. The molecule has 7 heteroatoms. The molecule has 2 N–H and O–H groups in total. The van der Waals surface area contributed by atoms with Crippen LogP contribution in [0.4, 0.5) is 0 Å². The fraction of sp³-hybridized carbons (Fsp3) is 0.409. The minimum absolute atomic E-state index is 0.0269. The third kappa shape index (κ3) is 5.78. The van der Waals surface area contributed by atoms with Crippen LogP contribution in [0.2, 0.25) is 5.02 Å². The zero-order valence-electron chi connectivity index (χ0n) is 16.9. The molecule has 2 aromatic carbocycles. The number of likely N-dealkylation sites (tertiary alicyclic amines) is 1. The Morgan fingerprint density at radius 3 is 2.62 bits per heavy atom. The Morgan fingerprint density at radius 2 is 1.90 bits per heavy atom. The lowest BCUT2D eigenvalue weighted by molar-refractivity contribution is -0.910. The summed E-state index contributed by atoms with van der Waals surface area (Å²) in [4.78, 5) is 13.7. The molecule has 0 bridgehead atoms. The molecule has 1 saturated heterocycles. The van der Waals surface area contributed by atoms with Crippen LogP contribution in [-0.4, -0.2) is 46.4 Å². The summed E-state index contributed by atoms with van der Waals surface area (Å²) < 4.78 is 16.5. The first kappa shape index (κ1) is 21.3. The van der Waals surface area contributed by atoms with Gasteiger partial charge in [0, 0.05) is 23.9 Å². The Balaban J connectivity index is 1.50. The fourth-order valence-corrected chi connectivity index (χ4v) is 3.89. The van der Waals surface area contributed by atoms with Gasteiger partial charge in [-0.05, 0) is 36.4 Å². The van der Waals surface area contributed by atoms with Crippen molar-refractivity contribution in [2.24, 2.45) is 0 Å². The highest BCUT2D eigenvalue weighted by atomic mass is 35.5. The summed E-state index contributed by atoms with van der Waals surface area (Å²) in [6.07, 6.45) is 2.12. The van der Waals surface area contributed by atoms with E-state index in [9.17, 15) is 4.79 Å². The second-order valence-electron chi connectivity index (χ2n) is 7.04. The molecule has 156 valence electrons. The molecule has 2 atom stereocenters. The number of hydrogen-bond acceptors (Lipinski definition) is 4. The van der Waals surface area contributed by atoms with Crippen molar-refractivity contribution in [2.45, 2.75) is 18.9 Å². The van der Waals surface area contributed by atoms with Gasteiger partial charge >= 0.3 is 0 Å². The van der Waals surface area contributed by atoms with Crippen LogP contribution in [0, 0.1) is 0 Å². The zero-order chi connectivity index (χ0) is 20.6. The van der Waals surface area contributed by atoms with Crippen LogP contribution in [0.1, 0.15) is 24.4 Å². The maximum Gasteiger partial charge on any atom is 0.275 e. The van der Waals surface area contributed by atoms with Crippen molar-refractivity contribution < 1.29 is 23.9 Å². The van der Waals surface area contributed by atoms with Gasteiger partial charge in [0.15, 0.2) is 6.54 Å². The van der Waals surface area contributed by atoms with Crippen LogP contribution in [0.25, 0.3) is 0 Å². The van der Waals surface area contributed by atoms with Crippen LogP contribution in [0.15, 0.2) is 42.5 Å². The predicted octanol–water partition coefficient (Wildman–Crippen LogP) is 2.27. The minimum atomic E-state index is 0.0269. The summed E-state index contributed by atoms with van der Waals surface area (Å²) in [5.41, 5.74) is 1.12. The number of methoxy groups -OCH3 is 2. The van der Waals surface area contributed by atoms with Crippen LogP contribution in [-0.2, 0) is 4.79 Å². The van der Waals surface area contributed by atoms with E-state index in [1.165, 1.54) is 4.90 Å². The molecule has 1 unspecified atom stereocenters. The summed E-state index contributed by atoms with van der Waals surface area (Å²) in [6.45, 7) is 2.28. The second kappa shape index (κ2) is 10.4. The number of rotatable bonds is 9. The molecule has 0 radical (unpaired) electrons. The van der Waals surface area contributed by atoms with Crippen molar-refractivity contribution in [3.63, 3.8) is 0 Å². The Morgan fingerprint density at radius 1 is 1.14 bits per heavy atom. The van der Waals surface area contributed by atoms with E-state index < -0.39 is 0 Å². The number of hydrogen-bond donors (Lipinski definition) is 2. The first-order valence-corrected chi connectivity index (χ1v) is 10.2. The lowest BCUT2D eigenvalue weighted by Gasteiger charge is -2.23. The van der Waals surface area contributed by atoms with Crippen molar-refractivity contribution in [3.8, 4) is 17.2 Å². The summed E-state index contributed by atoms with van der Waals surface area (Å²) >= 11 is 5.86. The van der Waals surface area contributed by atoms with Crippen molar-refractivity contribution >= 4 is 17.5 Å². The molecule has 1 amide bonds. The first-order valence-electron chi connectivity index (χ1n) is 9.82. The topological polar surface area (TPSA) is 61.2 Å². The van der Waals surface area contributed by atoms with Gasteiger partial charge in [0.25, 0.3) is 5.91 Å². The molecule has 29 heavy (non-hydrogen) atoms. The summed E-state index contributed by atoms with van der Waals surface area (Å²) in [6, 6.07) is 13.3. The van der Waals surface area contributed by atoms with Gasteiger partial charge in [-0.1, -0.05) is 11.6 Å². The van der Waals surface area contributed by atoms with E-state index in [1.54, 1.807) is 26.4 Å². The lowest BCUT2D eigenvalue weighted by atomic mass is 10.0. The van der Waals surface area contributed by atoms with Crippen LogP contribution < -0.4 is 24.4 Å². The van der Waals surface area contributed by atoms with Gasteiger partial charge in [-0.3, -0.25) is 4.79 Å². The molecule has 0 saturated carbocycles. The highest BCUT2D eigenvalue weighted by Gasteiger charge is 2.33. The van der Waals surface area contributed by atoms with E-state index in [1.807, 2.05) is 30.3 Å². The molecule has 0 aliphatic carbocycles. The van der Waals surface area contributed by atoms with E-state index in [-0.39, 0.29) is 11.9 Å². The van der Waals surface area contributed by atoms with Gasteiger partial charge in [-0.2, -0.15) is 0 Å². The Labute approximate surface area is 176 Å². The SMILES string of the molecule is COc1ccc([C@H]2CCC[NH+]2CC(=O)NCCOc2ccc(Cl)cc2)c(OC)c1. The number of ether oxygens (including phenoxy) is 3. The Hall–Kier alpha value is -2.44. The average molecular weight is 420 g/mol. The third-order valence-electron chi connectivity index (χ3n) is 5.19. The fourth-order valence-electron chi connectivity index (χ4n) is 3.76. The van der Waals surface area contributed by atoms with E-state index in [0.717, 1.165) is 42.2 Å².